The molecule has 2 rings (SSSR count). The van der Waals surface area contributed by atoms with E-state index in [1.54, 1.807) is 11.8 Å². The number of alkyl halides is 3. The fraction of sp³-hybridized carbons (Fsp3) is 0.294. The van der Waals surface area contributed by atoms with Gasteiger partial charge in [-0.1, -0.05) is 19.1 Å². The third kappa shape index (κ3) is 5.15. The van der Waals surface area contributed by atoms with E-state index in [9.17, 15) is 21.6 Å². The van der Waals surface area contributed by atoms with Crippen LogP contribution >= 0.6 is 11.8 Å². The number of nitrogens with two attached hydrogens (primary N) is 1. The number of hydrogen-bond donors (Lipinski definition) is 2. The smallest absolute Gasteiger partial charge is 0.379 e. The van der Waals surface area contributed by atoms with Crippen LogP contribution < -0.4 is 10.5 Å². The lowest BCUT2D eigenvalue weighted by atomic mass is 10.1. The van der Waals surface area contributed by atoms with E-state index in [0.717, 1.165) is 28.3 Å². The highest BCUT2D eigenvalue weighted by Crippen LogP contribution is 2.36. The maximum atomic E-state index is 13.2. The molecule has 0 radical (unpaired) electrons. The summed E-state index contributed by atoms with van der Waals surface area (Å²) < 4.78 is 62.3. The first kappa shape index (κ1) is 20.6. The Bertz CT molecular complexity index is 867. The van der Waals surface area contributed by atoms with Crippen LogP contribution in [0.2, 0.25) is 0 Å². The number of primary sulfonamides is 1. The number of rotatable bonds is 6. The van der Waals surface area contributed by atoms with Crippen LogP contribution in [0.15, 0.2) is 52.3 Å². The average molecular weight is 404 g/mol. The van der Waals surface area contributed by atoms with Gasteiger partial charge < -0.3 is 5.32 Å². The molecule has 4 nitrogen and oxygen atoms in total. The highest BCUT2D eigenvalue weighted by molar-refractivity contribution is 7.99. The van der Waals surface area contributed by atoms with Crippen LogP contribution in [0.5, 0.6) is 0 Å². The van der Waals surface area contributed by atoms with Crippen LogP contribution in [-0.2, 0) is 16.2 Å². The average Bonchev–Trinajstić information content (AvgIpc) is 2.54. The van der Waals surface area contributed by atoms with E-state index in [2.05, 4.69) is 5.32 Å². The minimum absolute atomic E-state index is 0.157. The third-order valence-corrected chi connectivity index (χ3v) is 5.53. The molecule has 2 aromatic carbocycles. The first-order valence-electron chi connectivity index (χ1n) is 7.75. The Hall–Kier alpha value is -1.71. The number of benzene rings is 2. The van der Waals surface area contributed by atoms with E-state index >= 15 is 0 Å². The lowest BCUT2D eigenvalue weighted by Crippen LogP contribution is -2.19. The van der Waals surface area contributed by atoms with Gasteiger partial charge in [0.15, 0.2) is 0 Å². The second-order valence-electron chi connectivity index (χ2n) is 5.62. The lowest BCUT2D eigenvalue weighted by molar-refractivity contribution is -0.139. The van der Waals surface area contributed by atoms with Gasteiger partial charge in [-0.2, -0.15) is 13.2 Å². The second-order valence-corrected chi connectivity index (χ2v) is 8.49. The van der Waals surface area contributed by atoms with Gasteiger partial charge in [-0.3, -0.25) is 0 Å². The zero-order chi connectivity index (χ0) is 19.5. The van der Waals surface area contributed by atoms with Crippen molar-refractivity contribution in [3.63, 3.8) is 0 Å². The van der Waals surface area contributed by atoms with Crippen molar-refractivity contribution in [1.82, 2.24) is 0 Å². The van der Waals surface area contributed by atoms with Gasteiger partial charge in [0, 0.05) is 16.6 Å². The number of anilines is 1. The summed E-state index contributed by atoms with van der Waals surface area (Å²) in [5.74, 6) is 0.948. The number of hydrogen-bond acceptors (Lipinski definition) is 4. The molecule has 0 bridgehead atoms. The molecule has 0 aromatic heterocycles. The standard InChI is InChI=1S/C17H19F3N2O2S2/c1-3-25-14-7-4-12(5-8-14)11(2)22-13-6-9-16(26(21,23)24)15(10-13)17(18,19)20/h4-11,22H,3H2,1-2H3,(H2,21,23,24). The van der Waals surface area contributed by atoms with Crippen molar-refractivity contribution in [1.29, 1.82) is 0 Å². The maximum absolute atomic E-state index is 13.2. The summed E-state index contributed by atoms with van der Waals surface area (Å²) in [6.07, 6.45) is -4.83. The van der Waals surface area contributed by atoms with E-state index in [-0.39, 0.29) is 11.7 Å². The Morgan fingerprint density at radius 2 is 1.77 bits per heavy atom. The quantitative estimate of drug-likeness (QED) is 0.688. The number of nitrogens with one attached hydrogen (secondary N) is 1. The molecule has 0 amide bonds. The summed E-state index contributed by atoms with van der Waals surface area (Å²) in [5.41, 5.74) is -0.231. The molecule has 0 spiro atoms. The van der Waals surface area contributed by atoms with Crippen LogP contribution in [0.25, 0.3) is 0 Å². The minimum Gasteiger partial charge on any atom is -0.379 e. The van der Waals surface area contributed by atoms with Crippen LogP contribution in [0, 0.1) is 0 Å². The minimum atomic E-state index is -4.83. The first-order valence-corrected chi connectivity index (χ1v) is 10.3. The normalized spacial score (nSPS) is 13.5. The summed E-state index contributed by atoms with van der Waals surface area (Å²) in [4.78, 5) is 0.171. The fourth-order valence-electron chi connectivity index (χ4n) is 2.44. The molecule has 0 aliphatic carbocycles. The summed E-state index contributed by atoms with van der Waals surface area (Å²) in [6.45, 7) is 3.86. The molecule has 0 heterocycles. The van der Waals surface area contributed by atoms with Crippen LogP contribution in [0.4, 0.5) is 18.9 Å². The maximum Gasteiger partial charge on any atom is 0.417 e. The summed E-state index contributed by atoms with van der Waals surface area (Å²) in [7, 11) is -4.47. The molecule has 0 fully saturated rings. The van der Waals surface area contributed by atoms with Crippen molar-refractivity contribution in [2.75, 3.05) is 11.1 Å². The summed E-state index contributed by atoms with van der Waals surface area (Å²) in [5, 5.41) is 7.84. The Kier molecular flexibility index (Phi) is 6.25. The fourth-order valence-corrected chi connectivity index (χ4v) is 3.84. The molecule has 0 saturated carbocycles. The van der Waals surface area contributed by atoms with Gasteiger partial charge in [-0.05, 0) is 48.6 Å². The zero-order valence-electron chi connectivity index (χ0n) is 14.2. The predicted molar refractivity (Wildman–Crippen MR) is 97.7 cm³/mol. The highest BCUT2D eigenvalue weighted by Gasteiger charge is 2.36. The molecule has 0 aliphatic heterocycles. The number of thioether (sulfide) groups is 1. The molecule has 0 aliphatic rings. The largest absolute Gasteiger partial charge is 0.417 e. The molecule has 9 heteroatoms. The van der Waals surface area contributed by atoms with E-state index in [4.69, 9.17) is 5.14 Å². The van der Waals surface area contributed by atoms with E-state index in [1.807, 2.05) is 38.1 Å². The van der Waals surface area contributed by atoms with Crippen LogP contribution in [0.3, 0.4) is 0 Å². The molecule has 0 saturated heterocycles. The molecule has 3 N–H and O–H groups in total. The molecular formula is C17H19F3N2O2S2. The van der Waals surface area contributed by atoms with Crippen LogP contribution in [0.1, 0.15) is 31.0 Å². The topological polar surface area (TPSA) is 72.2 Å². The van der Waals surface area contributed by atoms with E-state index < -0.39 is 26.7 Å². The van der Waals surface area contributed by atoms with Gasteiger partial charge in [0.2, 0.25) is 10.0 Å². The molecule has 142 valence electrons. The first-order chi connectivity index (χ1) is 12.0. The molecule has 26 heavy (non-hydrogen) atoms. The molecule has 2 aromatic rings. The van der Waals surface area contributed by atoms with Crippen molar-refractivity contribution in [3.05, 3.63) is 53.6 Å². The van der Waals surface area contributed by atoms with Gasteiger partial charge in [-0.25, -0.2) is 13.6 Å². The van der Waals surface area contributed by atoms with Gasteiger partial charge >= 0.3 is 6.18 Å². The lowest BCUT2D eigenvalue weighted by Gasteiger charge is -2.18. The van der Waals surface area contributed by atoms with Gasteiger partial charge in [0.25, 0.3) is 0 Å². The Morgan fingerprint density at radius 3 is 2.27 bits per heavy atom. The monoisotopic (exact) mass is 404 g/mol. The molecule has 1 atom stereocenters. The summed E-state index contributed by atoms with van der Waals surface area (Å²) in [6, 6.07) is 10.3. The van der Waals surface area contributed by atoms with E-state index in [0.29, 0.717) is 0 Å². The van der Waals surface area contributed by atoms with Crippen molar-refractivity contribution >= 4 is 27.5 Å². The van der Waals surface area contributed by atoms with Crippen molar-refractivity contribution < 1.29 is 21.6 Å². The van der Waals surface area contributed by atoms with Crippen molar-refractivity contribution in [2.24, 2.45) is 5.14 Å². The van der Waals surface area contributed by atoms with Gasteiger partial charge in [0.1, 0.15) is 0 Å². The number of sulfonamides is 1. The highest BCUT2D eigenvalue weighted by atomic mass is 32.2. The van der Waals surface area contributed by atoms with Gasteiger partial charge in [-0.15, -0.1) is 11.8 Å². The number of halogens is 3. The Morgan fingerprint density at radius 1 is 1.15 bits per heavy atom. The SMILES string of the molecule is CCSc1ccc(C(C)Nc2ccc(S(N)(=O)=O)c(C(F)(F)F)c2)cc1. The van der Waals surface area contributed by atoms with Crippen molar-refractivity contribution in [2.45, 2.75) is 35.9 Å². The Labute approximate surface area is 155 Å². The Balaban J connectivity index is 2.29. The van der Waals surface area contributed by atoms with Crippen LogP contribution in [-0.4, -0.2) is 14.2 Å². The summed E-state index contributed by atoms with van der Waals surface area (Å²) >= 11 is 1.69. The predicted octanol–water partition coefficient (Wildman–Crippen LogP) is 4.64. The van der Waals surface area contributed by atoms with Gasteiger partial charge in [0.05, 0.1) is 10.5 Å². The third-order valence-electron chi connectivity index (χ3n) is 3.67. The van der Waals surface area contributed by atoms with E-state index in [1.165, 1.54) is 6.07 Å². The molecule has 1 unspecified atom stereocenters. The second kappa shape index (κ2) is 7.89. The zero-order valence-corrected chi connectivity index (χ0v) is 15.8. The van der Waals surface area contributed by atoms with Crippen molar-refractivity contribution in [3.8, 4) is 0 Å². The molecular weight excluding hydrogens is 385 g/mol.